The molecule has 1 saturated heterocycles. The first-order valence-corrected chi connectivity index (χ1v) is 7.33. The average Bonchev–Trinajstić information content (AvgIpc) is 3.13. The predicted octanol–water partition coefficient (Wildman–Crippen LogP) is 2.82. The number of hydrogen-bond acceptors (Lipinski definition) is 3. The lowest BCUT2D eigenvalue weighted by atomic mass is 9.93. The van der Waals surface area contributed by atoms with E-state index in [-0.39, 0.29) is 11.3 Å². The summed E-state index contributed by atoms with van der Waals surface area (Å²) in [6, 6.07) is 9.30. The third kappa shape index (κ3) is 2.60. The second kappa shape index (κ2) is 5.30. The molecule has 1 aliphatic rings. The molecule has 1 amide bonds. The van der Waals surface area contributed by atoms with Crippen LogP contribution in [0.5, 0.6) is 0 Å². The Hall–Kier alpha value is -2.61. The van der Waals surface area contributed by atoms with Gasteiger partial charge in [0.1, 0.15) is 0 Å². The topological polar surface area (TPSA) is 72.8 Å². The summed E-state index contributed by atoms with van der Waals surface area (Å²) in [5.41, 5.74) is 2.77. The number of H-pyrrole nitrogens is 1. The number of carbonyl (C=O) groups is 1. The van der Waals surface area contributed by atoms with E-state index in [1.165, 1.54) is 0 Å². The van der Waals surface area contributed by atoms with E-state index in [4.69, 9.17) is 5.26 Å². The fourth-order valence-corrected chi connectivity index (χ4v) is 2.87. The molecular formula is C17H18N4O. The van der Waals surface area contributed by atoms with Crippen LogP contribution in [0.3, 0.4) is 0 Å². The van der Waals surface area contributed by atoms with Crippen molar-refractivity contribution in [3.8, 4) is 17.3 Å². The average molecular weight is 294 g/mol. The Morgan fingerprint density at radius 2 is 2.27 bits per heavy atom. The van der Waals surface area contributed by atoms with Crippen molar-refractivity contribution in [2.45, 2.75) is 20.3 Å². The Morgan fingerprint density at radius 1 is 1.45 bits per heavy atom. The van der Waals surface area contributed by atoms with Gasteiger partial charge < -0.3 is 4.90 Å². The fourth-order valence-electron chi connectivity index (χ4n) is 2.87. The van der Waals surface area contributed by atoms with Gasteiger partial charge in [0.2, 0.25) is 0 Å². The second-order valence-electron chi connectivity index (χ2n) is 6.49. The van der Waals surface area contributed by atoms with Gasteiger partial charge in [-0.25, -0.2) is 0 Å². The quantitative estimate of drug-likeness (QED) is 0.925. The van der Waals surface area contributed by atoms with Gasteiger partial charge in [-0.3, -0.25) is 9.89 Å². The summed E-state index contributed by atoms with van der Waals surface area (Å²) in [4.78, 5) is 14.6. The number of aromatic amines is 1. The molecule has 0 spiro atoms. The molecule has 0 bridgehead atoms. The van der Waals surface area contributed by atoms with Crippen LogP contribution in [-0.4, -0.2) is 34.1 Å². The summed E-state index contributed by atoms with van der Waals surface area (Å²) in [5, 5.41) is 15.9. The van der Waals surface area contributed by atoms with Crippen molar-refractivity contribution in [2.75, 3.05) is 13.1 Å². The highest BCUT2D eigenvalue weighted by atomic mass is 16.2. The molecule has 5 heteroatoms. The van der Waals surface area contributed by atoms with Crippen LogP contribution in [0, 0.1) is 16.7 Å². The van der Waals surface area contributed by atoms with Crippen LogP contribution >= 0.6 is 0 Å². The normalized spacial score (nSPS) is 16.5. The van der Waals surface area contributed by atoms with Crippen LogP contribution in [0.1, 0.15) is 36.2 Å². The molecule has 22 heavy (non-hydrogen) atoms. The first kappa shape index (κ1) is 14.3. The Balaban J connectivity index is 1.92. The SMILES string of the molecule is CC1(C)CCN(C(=O)c2cn[nH]c2-c2cccc(C#N)c2)C1. The molecule has 5 nitrogen and oxygen atoms in total. The van der Waals surface area contributed by atoms with Crippen LogP contribution in [0.15, 0.2) is 30.5 Å². The number of nitrogens with one attached hydrogen (secondary N) is 1. The van der Waals surface area contributed by atoms with Crippen molar-refractivity contribution in [3.63, 3.8) is 0 Å². The molecule has 0 unspecified atom stereocenters. The number of benzene rings is 1. The maximum atomic E-state index is 12.7. The van der Waals surface area contributed by atoms with Gasteiger partial charge in [-0.2, -0.15) is 10.4 Å². The molecule has 0 saturated carbocycles. The molecule has 1 fully saturated rings. The molecule has 2 heterocycles. The summed E-state index contributed by atoms with van der Waals surface area (Å²) in [7, 11) is 0. The number of nitrogens with zero attached hydrogens (tertiary/aromatic N) is 3. The molecule has 1 aliphatic heterocycles. The molecule has 112 valence electrons. The maximum absolute atomic E-state index is 12.7. The standard InChI is InChI=1S/C17H18N4O/c1-17(2)6-7-21(11-17)16(22)14-10-19-20-15(14)13-5-3-4-12(8-13)9-18/h3-5,8,10H,6-7,11H2,1-2H3,(H,19,20). The summed E-state index contributed by atoms with van der Waals surface area (Å²) in [6.45, 7) is 5.88. The van der Waals surface area contributed by atoms with Crippen molar-refractivity contribution >= 4 is 5.91 Å². The first-order valence-electron chi connectivity index (χ1n) is 7.33. The van der Waals surface area contributed by atoms with Crippen LogP contribution < -0.4 is 0 Å². The van der Waals surface area contributed by atoms with Gasteiger partial charge in [0.15, 0.2) is 0 Å². The molecule has 1 aromatic carbocycles. The second-order valence-corrected chi connectivity index (χ2v) is 6.49. The third-order valence-electron chi connectivity index (χ3n) is 4.11. The molecule has 0 aliphatic carbocycles. The van der Waals surface area contributed by atoms with Gasteiger partial charge in [-0.15, -0.1) is 0 Å². The molecule has 1 N–H and O–H groups in total. The maximum Gasteiger partial charge on any atom is 0.257 e. The van der Waals surface area contributed by atoms with E-state index in [1.807, 2.05) is 17.0 Å². The first-order chi connectivity index (χ1) is 10.5. The number of likely N-dealkylation sites (tertiary alicyclic amines) is 1. The van der Waals surface area contributed by atoms with E-state index in [9.17, 15) is 4.79 Å². The van der Waals surface area contributed by atoms with Gasteiger partial charge >= 0.3 is 0 Å². The number of rotatable bonds is 2. The Labute approximate surface area is 129 Å². The summed E-state index contributed by atoms with van der Waals surface area (Å²) in [6.07, 6.45) is 2.58. The largest absolute Gasteiger partial charge is 0.338 e. The lowest BCUT2D eigenvalue weighted by molar-refractivity contribution is 0.0779. The number of nitriles is 1. The molecule has 1 aromatic heterocycles. The van der Waals surface area contributed by atoms with Crippen molar-refractivity contribution in [1.29, 1.82) is 5.26 Å². The highest BCUT2D eigenvalue weighted by molar-refractivity contribution is 6.00. The van der Waals surface area contributed by atoms with Crippen molar-refractivity contribution < 1.29 is 4.79 Å². The number of aromatic nitrogens is 2. The highest BCUT2D eigenvalue weighted by Gasteiger charge is 2.33. The Bertz CT molecular complexity index is 754. The van der Waals surface area contributed by atoms with Gasteiger partial charge in [0, 0.05) is 18.7 Å². The van der Waals surface area contributed by atoms with E-state index in [0.717, 1.165) is 25.1 Å². The van der Waals surface area contributed by atoms with E-state index < -0.39 is 0 Å². The zero-order chi connectivity index (χ0) is 15.7. The third-order valence-corrected chi connectivity index (χ3v) is 4.11. The minimum absolute atomic E-state index is 0.00307. The van der Waals surface area contributed by atoms with Crippen LogP contribution in [0.2, 0.25) is 0 Å². The van der Waals surface area contributed by atoms with Crippen LogP contribution in [-0.2, 0) is 0 Å². The molecular weight excluding hydrogens is 276 g/mol. The lowest BCUT2D eigenvalue weighted by Crippen LogP contribution is -2.30. The zero-order valence-electron chi connectivity index (χ0n) is 12.8. The van der Waals surface area contributed by atoms with E-state index in [1.54, 1.807) is 18.3 Å². The summed E-state index contributed by atoms with van der Waals surface area (Å²) < 4.78 is 0. The van der Waals surface area contributed by atoms with Gasteiger partial charge in [0.25, 0.3) is 5.91 Å². The number of amides is 1. The fraction of sp³-hybridized carbons (Fsp3) is 0.353. The Kier molecular flexibility index (Phi) is 3.45. The van der Waals surface area contributed by atoms with Gasteiger partial charge in [0.05, 0.1) is 29.1 Å². The minimum atomic E-state index is -0.00307. The van der Waals surface area contributed by atoms with Crippen molar-refractivity contribution in [2.24, 2.45) is 5.41 Å². The highest BCUT2D eigenvalue weighted by Crippen LogP contribution is 2.31. The minimum Gasteiger partial charge on any atom is -0.338 e. The molecule has 0 radical (unpaired) electrons. The summed E-state index contributed by atoms with van der Waals surface area (Å²) in [5.74, 6) is -0.00307. The Morgan fingerprint density at radius 3 is 2.95 bits per heavy atom. The van der Waals surface area contributed by atoms with Crippen LogP contribution in [0.25, 0.3) is 11.3 Å². The van der Waals surface area contributed by atoms with Gasteiger partial charge in [-0.1, -0.05) is 26.0 Å². The monoisotopic (exact) mass is 294 g/mol. The molecule has 2 aromatic rings. The van der Waals surface area contributed by atoms with Gasteiger partial charge in [-0.05, 0) is 24.0 Å². The molecule has 0 atom stereocenters. The van der Waals surface area contributed by atoms with E-state index in [0.29, 0.717) is 16.8 Å². The lowest BCUT2D eigenvalue weighted by Gasteiger charge is -2.19. The predicted molar refractivity (Wildman–Crippen MR) is 83.0 cm³/mol. The summed E-state index contributed by atoms with van der Waals surface area (Å²) >= 11 is 0. The number of hydrogen-bond donors (Lipinski definition) is 1. The van der Waals surface area contributed by atoms with E-state index >= 15 is 0 Å². The van der Waals surface area contributed by atoms with Crippen molar-refractivity contribution in [1.82, 2.24) is 15.1 Å². The van der Waals surface area contributed by atoms with Crippen LogP contribution in [0.4, 0.5) is 0 Å². The molecule has 3 rings (SSSR count). The van der Waals surface area contributed by atoms with Crippen molar-refractivity contribution in [3.05, 3.63) is 41.6 Å². The van der Waals surface area contributed by atoms with E-state index in [2.05, 4.69) is 30.1 Å². The zero-order valence-corrected chi connectivity index (χ0v) is 12.8. The smallest absolute Gasteiger partial charge is 0.257 e. The number of carbonyl (C=O) groups excluding carboxylic acids is 1.